The van der Waals surface area contributed by atoms with Crippen molar-refractivity contribution in [2.75, 3.05) is 20.1 Å². The SMILES string of the molecule is Cc1ccc2c(c1)CC(CN(C)CC1(O)CCCC1)O2. The van der Waals surface area contributed by atoms with Gasteiger partial charge in [0.1, 0.15) is 11.9 Å². The van der Waals surface area contributed by atoms with Gasteiger partial charge in [-0.3, -0.25) is 4.90 Å². The van der Waals surface area contributed by atoms with E-state index in [0.717, 1.165) is 50.9 Å². The first-order chi connectivity index (χ1) is 9.54. The van der Waals surface area contributed by atoms with Gasteiger partial charge in [-0.25, -0.2) is 0 Å². The molecule has 0 radical (unpaired) electrons. The fraction of sp³-hybridized carbons (Fsp3) is 0.647. The highest BCUT2D eigenvalue weighted by molar-refractivity contribution is 5.40. The van der Waals surface area contributed by atoms with Crippen molar-refractivity contribution < 1.29 is 9.84 Å². The van der Waals surface area contributed by atoms with Crippen LogP contribution >= 0.6 is 0 Å². The molecule has 1 atom stereocenters. The summed E-state index contributed by atoms with van der Waals surface area (Å²) in [5.41, 5.74) is 2.15. The van der Waals surface area contributed by atoms with Gasteiger partial charge in [0.25, 0.3) is 0 Å². The van der Waals surface area contributed by atoms with Crippen LogP contribution < -0.4 is 4.74 Å². The van der Waals surface area contributed by atoms with Crippen LogP contribution in [0.4, 0.5) is 0 Å². The quantitative estimate of drug-likeness (QED) is 0.916. The second-order valence-corrected chi connectivity index (χ2v) is 6.68. The van der Waals surface area contributed by atoms with E-state index in [1.807, 2.05) is 0 Å². The van der Waals surface area contributed by atoms with Gasteiger partial charge in [-0.2, -0.15) is 0 Å². The second kappa shape index (κ2) is 5.38. The fourth-order valence-electron chi connectivity index (χ4n) is 3.66. The van der Waals surface area contributed by atoms with Crippen molar-refractivity contribution in [1.82, 2.24) is 4.90 Å². The maximum atomic E-state index is 10.5. The van der Waals surface area contributed by atoms with E-state index in [1.54, 1.807) is 0 Å². The van der Waals surface area contributed by atoms with Crippen LogP contribution in [0.15, 0.2) is 18.2 Å². The molecule has 2 aliphatic rings. The maximum absolute atomic E-state index is 10.5. The molecule has 1 unspecified atom stereocenters. The molecule has 3 nitrogen and oxygen atoms in total. The zero-order valence-electron chi connectivity index (χ0n) is 12.6. The van der Waals surface area contributed by atoms with Gasteiger partial charge >= 0.3 is 0 Å². The summed E-state index contributed by atoms with van der Waals surface area (Å²) >= 11 is 0. The summed E-state index contributed by atoms with van der Waals surface area (Å²) in [4.78, 5) is 2.23. The Morgan fingerprint density at radius 2 is 2.10 bits per heavy atom. The molecule has 1 saturated carbocycles. The van der Waals surface area contributed by atoms with E-state index in [1.165, 1.54) is 11.1 Å². The Balaban J connectivity index is 1.55. The predicted molar refractivity (Wildman–Crippen MR) is 80.2 cm³/mol. The number of rotatable bonds is 4. The summed E-state index contributed by atoms with van der Waals surface area (Å²) in [5.74, 6) is 1.04. The normalized spacial score (nSPS) is 23.9. The molecule has 1 fully saturated rings. The number of aliphatic hydroxyl groups is 1. The van der Waals surface area contributed by atoms with Crippen LogP contribution in [0, 0.1) is 6.92 Å². The molecule has 3 rings (SSSR count). The van der Waals surface area contributed by atoms with Gasteiger partial charge in [0.2, 0.25) is 0 Å². The van der Waals surface area contributed by atoms with Crippen molar-refractivity contribution in [2.45, 2.75) is 50.7 Å². The Kier molecular flexibility index (Phi) is 3.74. The molecule has 0 amide bonds. The first kappa shape index (κ1) is 13.9. The van der Waals surface area contributed by atoms with Crippen LogP contribution in [-0.2, 0) is 6.42 Å². The van der Waals surface area contributed by atoms with Gasteiger partial charge in [-0.05, 0) is 38.4 Å². The number of benzene rings is 1. The Morgan fingerprint density at radius 1 is 1.35 bits per heavy atom. The molecule has 1 N–H and O–H groups in total. The van der Waals surface area contributed by atoms with Crippen LogP contribution in [0.1, 0.15) is 36.8 Å². The molecule has 0 bridgehead atoms. The highest BCUT2D eigenvalue weighted by atomic mass is 16.5. The highest BCUT2D eigenvalue weighted by Crippen LogP contribution is 2.32. The van der Waals surface area contributed by atoms with E-state index in [4.69, 9.17) is 4.74 Å². The number of aryl methyl sites for hydroxylation is 1. The summed E-state index contributed by atoms with van der Waals surface area (Å²) in [5, 5.41) is 10.5. The third-order valence-corrected chi connectivity index (χ3v) is 4.57. The average molecular weight is 275 g/mol. The smallest absolute Gasteiger partial charge is 0.123 e. The summed E-state index contributed by atoms with van der Waals surface area (Å²) < 4.78 is 6.01. The Morgan fingerprint density at radius 3 is 2.85 bits per heavy atom. The molecular weight excluding hydrogens is 250 g/mol. The van der Waals surface area contributed by atoms with Gasteiger partial charge in [0.05, 0.1) is 5.60 Å². The van der Waals surface area contributed by atoms with Crippen LogP contribution in [0.5, 0.6) is 5.75 Å². The monoisotopic (exact) mass is 275 g/mol. The molecule has 0 aromatic heterocycles. The second-order valence-electron chi connectivity index (χ2n) is 6.68. The molecule has 3 heteroatoms. The van der Waals surface area contributed by atoms with Crippen molar-refractivity contribution in [3.8, 4) is 5.75 Å². The lowest BCUT2D eigenvalue weighted by Crippen LogP contribution is -2.42. The van der Waals surface area contributed by atoms with Crippen LogP contribution in [-0.4, -0.2) is 41.8 Å². The predicted octanol–water partition coefficient (Wildman–Crippen LogP) is 2.54. The van der Waals surface area contributed by atoms with Gasteiger partial charge in [-0.15, -0.1) is 0 Å². The summed E-state index contributed by atoms with van der Waals surface area (Å²) in [6.07, 6.45) is 5.43. The summed E-state index contributed by atoms with van der Waals surface area (Å²) in [6, 6.07) is 6.40. The van der Waals surface area contributed by atoms with Gasteiger partial charge < -0.3 is 9.84 Å². The minimum atomic E-state index is -0.462. The van der Waals surface area contributed by atoms with Crippen molar-refractivity contribution in [1.29, 1.82) is 0 Å². The molecule has 1 aromatic carbocycles. The number of hydrogen-bond donors (Lipinski definition) is 1. The molecule has 1 aliphatic carbocycles. The Bertz CT molecular complexity index is 480. The lowest BCUT2D eigenvalue weighted by molar-refractivity contribution is 0.00896. The maximum Gasteiger partial charge on any atom is 0.123 e. The first-order valence-electron chi connectivity index (χ1n) is 7.71. The average Bonchev–Trinajstić information content (AvgIpc) is 2.94. The highest BCUT2D eigenvalue weighted by Gasteiger charge is 2.33. The van der Waals surface area contributed by atoms with E-state index in [9.17, 15) is 5.11 Å². The van der Waals surface area contributed by atoms with Crippen molar-refractivity contribution >= 4 is 0 Å². The van der Waals surface area contributed by atoms with E-state index < -0.39 is 5.60 Å². The molecule has 20 heavy (non-hydrogen) atoms. The summed E-state index contributed by atoms with van der Waals surface area (Å²) in [7, 11) is 2.09. The van der Waals surface area contributed by atoms with Crippen LogP contribution in [0.2, 0.25) is 0 Å². The molecular formula is C17H25NO2. The topological polar surface area (TPSA) is 32.7 Å². The van der Waals surface area contributed by atoms with Gasteiger partial charge in [0, 0.05) is 19.5 Å². The molecule has 0 spiro atoms. The fourth-order valence-corrected chi connectivity index (χ4v) is 3.66. The molecule has 110 valence electrons. The third kappa shape index (κ3) is 2.99. The number of nitrogens with zero attached hydrogens (tertiary/aromatic N) is 1. The van der Waals surface area contributed by atoms with E-state index >= 15 is 0 Å². The standard InChI is InChI=1S/C17H25NO2/c1-13-5-6-16-14(9-13)10-15(20-16)11-18(2)12-17(19)7-3-4-8-17/h5-6,9,15,19H,3-4,7-8,10-12H2,1-2H3. The Hall–Kier alpha value is -1.06. The lowest BCUT2D eigenvalue weighted by Gasteiger charge is -2.29. The number of likely N-dealkylation sites (N-methyl/N-ethyl adjacent to an activating group) is 1. The zero-order valence-corrected chi connectivity index (χ0v) is 12.6. The van der Waals surface area contributed by atoms with Crippen LogP contribution in [0.3, 0.4) is 0 Å². The van der Waals surface area contributed by atoms with Crippen molar-refractivity contribution in [3.63, 3.8) is 0 Å². The van der Waals surface area contributed by atoms with E-state index in [-0.39, 0.29) is 6.10 Å². The Labute approximate surface area is 121 Å². The largest absolute Gasteiger partial charge is 0.488 e. The molecule has 1 aromatic rings. The molecule has 0 saturated heterocycles. The number of hydrogen-bond acceptors (Lipinski definition) is 3. The molecule has 1 aliphatic heterocycles. The van der Waals surface area contributed by atoms with E-state index in [2.05, 4.69) is 37.1 Å². The number of fused-ring (bicyclic) bond motifs is 1. The minimum absolute atomic E-state index is 0.224. The molecule has 1 heterocycles. The van der Waals surface area contributed by atoms with Gasteiger partial charge in [0.15, 0.2) is 0 Å². The third-order valence-electron chi connectivity index (χ3n) is 4.57. The van der Waals surface area contributed by atoms with Crippen molar-refractivity contribution in [2.24, 2.45) is 0 Å². The van der Waals surface area contributed by atoms with E-state index in [0.29, 0.717) is 0 Å². The summed E-state index contributed by atoms with van der Waals surface area (Å²) in [6.45, 7) is 3.77. The lowest BCUT2D eigenvalue weighted by atomic mass is 10.0. The van der Waals surface area contributed by atoms with Crippen molar-refractivity contribution in [3.05, 3.63) is 29.3 Å². The first-order valence-corrected chi connectivity index (χ1v) is 7.71. The number of ether oxygens (including phenoxy) is 1. The zero-order chi connectivity index (χ0) is 14.2. The minimum Gasteiger partial charge on any atom is -0.488 e. The van der Waals surface area contributed by atoms with Gasteiger partial charge in [-0.1, -0.05) is 30.5 Å². The van der Waals surface area contributed by atoms with Crippen LogP contribution in [0.25, 0.3) is 0 Å².